The monoisotopic (exact) mass is 274 g/mol. The van der Waals surface area contributed by atoms with Gasteiger partial charge < -0.3 is 9.80 Å². The van der Waals surface area contributed by atoms with Gasteiger partial charge in [-0.3, -0.25) is 9.59 Å². The summed E-state index contributed by atoms with van der Waals surface area (Å²) in [6, 6.07) is 7.90. The molecule has 0 radical (unpaired) electrons. The van der Waals surface area contributed by atoms with Crippen molar-refractivity contribution < 1.29 is 9.59 Å². The van der Waals surface area contributed by atoms with Crippen molar-refractivity contribution in [2.45, 2.75) is 27.7 Å². The molecule has 4 heteroatoms. The van der Waals surface area contributed by atoms with Crippen molar-refractivity contribution in [3.05, 3.63) is 29.8 Å². The van der Waals surface area contributed by atoms with Crippen LogP contribution in [0, 0.1) is 12.3 Å². The second kappa shape index (κ2) is 5.27. The molecule has 1 aromatic rings. The van der Waals surface area contributed by atoms with Gasteiger partial charge in [0.2, 0.25) is 11.8 Å². The minimum Gasteiger partial charge on any atom is -0.331 e. The van der Waals surface area contributed by atoms with Crippen LogP contribution in [0.1, 0.15) is 26.3 Å². The Morgan fingerprint density at radius 2 is 1.70 bits per heavy atom. The lowest BCUT2D eigenvalue weighted by Crippen LogP contribution is -2.54. The zero-order chi connectivity index (χ0) is 14.9. The van der Waals surface area contributed by atoms with E-state index in [2.05, 4.69) is 0 Å². The molecule has 0 unspecified atom stereocenters. The average Bonchev–Trinajstić information content (AvgIpc) is 2.38. The molecule has 2 amide bonds. The lowest BCUT2D eigenvalue weighted by atomic mass is 9.94. The molecule has 4 nitrogen and oxygen atoms in total. The highest BCUT2D eigenvalue weighted by Crippen LogP contribution is 2.22. The van der Waals surface area contributed by atoms with Crippen LogP contribution in [0.3, 0.4) is 0 Å². The van der Waals surface area contributed by atoms with E-state index in [1.807, 2.05) is 52.0 Å². The second-order valence-electron chi connectivity index (χ2n) is 6.36. The Morgan fingerprint density at radius 1 is 1.10 bits per heavy atom. The molecule has 1 aliphatic heterocycles. The molecule has 0 saturated carbocycles. The summed E-state index contributed by atoms with van der Waals surface area (Å²) in [6.45, 7) is 8.99. The lowest BCUT2D eigenvalue weighted by Gasteiger charge is -2.37. The molecule has 0 N–H and O–H groups in total. The largest absolute Gasteiger partial charge is 0.331 e. The summed E-state index contributed by atoms with van der Waals surface area (Å²) in [5.74, 6) is 0.0205. The van der Waals surface area contributed by atoms with Gasteiger partial charge >= 0.3 is 0 Å². The maximum absolute atomic E-state index is 12.3. The molecule has 20 heavy (non-hydrogen) atoms. The van der Waals surface area contributed by atoms with Crippen LogP contribution in [0.2, 0.25) is 0 Å². The molecule has 0 spiro atoms. The molecular formula is C16H22N2O2. The zero-order valence-electron chi connectivity index (χ0n) is 12.6. The molecule has 0 atom stereocenters. The first kappa shape index (κ1) is 14.6. The van der Waals surface area contributed by atoms with E-state index < -0.39 is 5.41 Å². The SMILES string of the molecule is Cc1ccc(N2CCN(C(=O)C(C)(C)C)CC2=O)cc1. The van der Waals surface area contributed by atoms with E-state index >= 15 is 0 Å². The minimum absolute atomic E-state index is 0.0160. The Bertz CT molecular complexity index is 514. The van der Waals surface area contributed by atoms with Crippen molar-refractivity contribution in [2.24, 2.45) is 5.41 Å². The van der Waals surface area contributed by atoms with Gasteiger partial charge in [-0.05, 0) is 19.1 Å². The van der Waals surface area contributed by atoms with Crippen molar-refractivity contribution in [2.75, 3.05) is 24.5 Å². The fourth-order valence-corrected chi connectivity index (χ4v) is 2.32. The Hall–Kier alpha value is -1.84. The molecule has 0 bridgehead atoms. The maximum Gasteiger partial charge on any atom is 0.246 e. The zero-order valence-corrected chi connectivity index (χ0v) is 12.6. The van der Waals surface area contributed by atoms with Crippen LogP contribution in [0.25, 0.3) is 0 Å². The standard InChI is InChI=1S/C16H22N2O2/c1-12-5-7-13(8-6-12)18-10-9-17(11-14(18)19)15(20)16(2,3)4/h5-8H,9-11H2,1-4H3. The normalized spacial score (nSPS) is 16.5. The van der Waals surface area contributed by atoms with E-state index in [1.54, 1.807) is 9.80 Å². The Kier molecular flexibility index (Phi) is 3.84. The van der Waals surface area contributed by atoms with Gasteiger partial charge in [0.25, 0.3) is 0 Å². The number of carbonyl (C=O) groups is 2. The first-order chi connectivity index (χ1) is 9.29. The predicted molar refractivity (Wildman–Crippen MR) is 79.6 cm³/mol. The smallest absolute Gasteiger partial charge is 0.246 e. The third kappa shape index (κ3) is 3.00. The molecular weight excluding hydrogens is 252 g/mol. The average molecular weight is 274 g/mol. The third-order valence-electron chi connectivity index (χ3n) is 3.50. The maximum atomic E-state index is 12.3. The molecule has 108 valence electrons. The molecule has 0 aliphatic carbocycles. The Labute approximate surface area is 120 Å². The number of aryl methyl sites for hydroxylation is 1. The van der Waals surface area contributed by atoms with Crippen LogP contribution in [-0.4, -0.2) is 36.3 Å². The summed E-state index contributed by atoms with van der Waals surface area (Å²) in [4.78, 5) is 27.9. The quantitative estimate of drug-likeness (QED) is 0.788. The Morgan fingerprint density at radius 3 is 2.20 bits per heavy atom. The fraction of sp³-hybridized carbons (Fsp3) is 0.500. The van der Waals surface area contributed by atoms with E-state index in [0.717, 1.165) is 5.69 Å². The summed E-state index contributed by atoms with van der Waals surface area (Å²) in [5, 5.41) is 0. The van der Waals surface area contributed by atoms with Gasteiger partial charge in [-0.25, -0.2) is 0 Å². The molecule has 1 heterocycles. The fourth-order valence-electron chi connectivity index (χ4n) is 2.32. The first-order valence-corrected chi connectivity index (χ1v) is 6.95. The van der Waals surface area contributed by atoms with Crippen LogP contribution in [-0.2, 0) is 9.59 Å². The third-order valence-corrected chi connectivity index (χ3v) is 3.50. The summed E-state index contributed by atoms with van der Waals surface area (Å²) in [6.07, 6.45) is 0. The van der Waals surface area contributed by atoms with Crippen molar-refractivity contribution in [1.82, 2.24) is 4.90 Å². The van der Waals surface area contributed by atoms with Crippen molar-refractivity contribution in [3.63, 3.8) is 0 Å². The molecule has 1 fully saturated rings. The van der Waals surface area contributed by atoms with Gasteiger partial charge in [-0.1, -0.05) is 38.5 Å². The van der Waals surface area contributed by atoms with Gasteiger partial charge in [0.05, 0.1) is 0 Å². The van der Waals surface area contributed by atoms with E-state index in [4.69, 9.17) is 0 Å². The molecule has 1 aromatic carbocycles. The van der Waals surface area contributed by atoms with Crippen LogP contribution >= 0.6 is 0 Å². The Balaban J connectivity index is 2.08. The highest BCUT2D eigenvalue weighted by atomic mass is 16.2. The second-order valence-corrected chi connectivity index (χ2v) is 6.36. The summed E-state index contributed by atoms with van der Waals surface area (Å²) in [5.41, 5.74) is 1.64. The van der Waals surface area contributed by atoms with Gasteiger partial charge in [0, 0.05) is 24.2 Å². The number of nitrogens with zero attached hydrogens (tertiary/aromatic N) is 2. The predicted octanol–water partition coefficient (Wildman–Crippen LogP) is 2.22. The molecule has 1 saturated heterocycles. The van der Waals surface area contributed by atoms with Crippen molar-refractivity contribution in [3.8, 4) is 0 Å². The van der Waals surface area contributed by atoms with Crippen LogP contribution in [0.15, 0.2) is 24.3 Å². The van der Waals surface area contributed by atoms with Crippen LogP contribution in [0.4, 0.5) is 5.69 Å². The van der Waals surface area contributed by atoms with Crippen molar-refractivity contribution in [1.29, 1.82) is 0 Å². The number of carbonyl (C=O) groups excluding carboxylic acids is 2. The number of piperazine rings is 1. The summed E-state index contributed by atoms with van der Waals surface area (Å²) >= 11 is 0. The van der Waals surface area contributed by atoms with Crippen molar-refractivity contribution >= 4 is 17.5 Å². The number of anilines is 1. The van der Waals surface area contributed by atoms with Gasteiger partial charge in [-0.2, -0.15) is 0 Å². The minimum atomic E-state index is -0.438. The van der Waals surface area contributed by atoms with Gasteiger partial charge in [-0.15, -0.1) is 0 Å². The topological polar surface area (TPSA) is 40.6 Å². The number of hydrogen-bond donors (Lipinski definition) is 0. The molecule has 1 aliphatic rings. The molecule has 2 rings (SSSR count). The van der Waals surface area contributed by atoms with E-state index in [0.29, 0.717) is 13.1 Å². The van der Waals surface area contributed by atoms with Gasteiger partial charge in [0.1, 0.15) is 6.54 Å². The number of benzene rings is 1. The number of amides is 2. The lowest BCUT2D eigenvalue weighted by molar-refractivity contribution is -0.143. The van der Waals surface area contributed by atoms with Crippen LogP contribution < -0.4 is 4.90 Å². The van der Waals surface area contributed by atoms with E-state index in [1.165, 1.54) is 5.56 Å². The highest BCUT2D eigenvalue weighted by Gasteiger charge is 2.33. The summed E-state index contributed by atoms with van der Waals surface area (Å²) in [7, 11) is 0. The summed E-state index contributed by atoms with van der Waals surface area (Å²) < 4.78 is 0. The highest BCUT2D eigenvalue weighted by molar-refractivity contribution is 5.98. The van der Waals surface area contributed by atoms with Crippen LogP contribution in [0.5, 0.6) is 0 Å². The first-order valence-electron chi connectivity index (χ1n) is 6.95. The van der Waals surface area contributed by atoms with Gasteiger partial charge in [0.15, 0.2) is 0 Å². The van der Waals surface area contributed by atoms with E-state index in [9.17, 15) is 9.59 Å². The number of rotatable bonds is 1. The van der Waals surface area contributed by atoms with E-state index in [-0.39, 0.29) is 18.4 Å². The molecule has 0 aromatic heterocycles. The number of hydrogen-bond acceptors (Lipinski definition) is 2.